The van der Waals surface area contributed by atoms with Crippen molar-refractivity contribution < 1.29 is 23.1 Å². The van der Waals surface area contributed by atoms with Gasteiger partial charge in [0.05, 0.1) is 24.8 Å². The van der Waals surface area contributed by atoms with E-state index in [9.17, 15) is 18.4 Å². The predicted octanol–water partition coefficient (Wildman–Crippen LogP) is 1.99. The van der Waals surface area contributed by atoms with E-state index in [1.54, 1.807) is 24.1 Å². The molecule has 1 aromatic heterocycles. The quantitative estimate of drug-likeness (QED) is 0.784. The Kier molecular flexibility index (Phi) is 4.42. The lowest BCUT2D eigenvalue weighted by atomic mass is 9.84. The summed E-state index contributed by atoms with van der Waals surface area (Å²) in [6, 6.07) is 3.93. The Morgan fingerprint density at radius 2 is 2.06 bits per heavy atom. The Morgan fingerprint density at radius 1 is 1.26 bits per heavy atom. The molecule has 2 aromatic rings. The van der Waals surface area contributed by atoms with Crippen LogP contribution in [0.2, 0.25) is 0 Å². The van der Waals surface area contributed by atoms with Crippen LogP contribution in [0, 0.1) is 18.6 Å². The minimum absolute atomic E-state index is 0.101. The normalized spacial score (nSPS) is 21.6. The van der Waals surface area contributed by atoms with Crippen molar-refractivity contribution in [1.82, 2.24) is 19.8 Å². The molecule has 0 radical (unpaired) electrons. The Balaban J connectivity index is 1.29. The van der Waals surface area contributed by atoms with Crippen molar-refractivity contribution >= 4 is 23.6 Å². The first-order valence-electron chi connectivity index (χ1n) is 9.90. The van der Waals surface area contributed by atoms with E-state index in [2.05, 4.69) is 15.3 Å². The van der Waals surface area contributed by atoms with E-state index in [1.807, 2.05) is 4.90 Å². The third-order valence-electron chi connectivity index (χ3n) is 5.98. The maximum Gasteiger partial charge on any atom is 0.411 e. The molecule has 3 saturated heterocycles. The van der Waals surface area contributed by atoms with Crippen molar-refractivity contribution in [3.8, 4) is 0 Å². The number of rotatable bonds is 2. The van der Waals surface area contributed by atoms with E-state index in [1.165, 1.54) is 11.0 Å². The molecule has 5 rings (SSSR count). The first-order chi connectivity index (χ1) is 14.8. The van der Waals surface area contributed by atoms with Crippen LogP contribution in [0.15, 0.2) is 30.5 Å². The van der Waals surface area contributed by atoms with Crippen molar-refractivity contribution in [3.63, 3.8) is 0 Å². The van der Waals surface area contributed by atoms with E-state index in [0.717, 1.165) is 11.9 Å². The molecule has 11 heteroatoms. The van der Waals surface area contributed by atoms with E-state index >= 15 is 0 Å². The first-order valence-corrected chi connectivity index (χ1v) is 9.90. The molecule has 4 heterocycles. The van der Waals surface area contributed by atoms with Gasteiger partial charge in [-0.25, -0.2) is 28.3 Å². The minimum atomic E-state index is -0.849. The number of carbonyl (C=O) groups is 2. The number of fused-ring (bicyclic) bond motifs is 2. The average Bonchev–Trinajstić information content (AvgIpc) is 3.01. The maximum absolute atomic E-state index is 13.9. The average molecular weight is 430 g/mol. The molecule has 1 N–H and O–H groups in total. The second kappa shape index (κ2) is 7.03. The van der Waals surface area contributed by atoms with Gasteiger partial charge in [0.15, 0.2) is 5.60 Å². The van der Waals surface area contributed by atoms with E-state index in [-0.39, 0.29) is 24.8 Å². The SMILES string of the molecule is Cc1nccc(N2CC3(C2)OC(=O)N2CCN(C(=O)Nc4ccc(F)cc4F)CC23)n1. The number of nitrogens with one attached hydrogen (secondary N) is 1. The van der Waals surface area contributed by atoms with E-state index in [4.69, 9.17) is 4.74 Å². The maximum atomic E-state index is 13.9. The molecule has 3 aliphatic rings. The zero-order valence-electron chi connectivity index (χ0n) is 16.7. The standard InChI is InChI=1S/C20H20F2N6O3/c1-12-23-5-4-17(24-12)27-10-20(11-27)16-9-26(6-7-28(16)19(30)31-20)18(29)25-15-3-2-13(21)8-14(15)22/h2-5,8,16H,6-7,9-11H2,1H3,(H,25,29). The molecule has 0 bridgehead atoms. The highest BCUT2D eigenvalue weighted by Crippen LogP contribution is 2.41. The van der Waals surface area contributed by atoms with Gasteiger partial charge in [-0.15, -0.1) is 0 Å². The number of aromatic nitrogens is 2. The molecule has 162 valence electrons. The molecule has 0 saturated carbocycles. The van der Waals surface area contributed by atoms with Crippen molar-refractivity contribution in [3.05, 3.63) is 47.9 Å². The van der Waals surface area contributed by atoms with Crippen LogP contribution in [0.3, 0.4) is 0 Å². The van der Waals surface area contributed by atoms with Gasteiger partial charge in [0.25, 0.3) is 0 Å². The van der Waals surface area contributed by atoms with Crippen LogP contribution in [-0.4, -0.2) is 76.3 Å². The third kappa shape index (κ3) is 3.29. The molecule has 1 unspecified atom stereocenters. The molecular formula is C20H20F2N6O3. The van der Waals surface area contributed by atoms with Crippen LogP contribution >= 0.6 is 0 Å². The fraction of sp³-hybridized carbons (Fsp3) is 0.400. The molecule has 3 fully saturated rings. The van der Waals surface area contributed by atoms with Gasteiger partial charge in [0.1, 0.15) is 23.3 Å². The topological polar surface area (TPSA) is 90.9 Å². The number of benzene rings is 1. The highest BCUT2D eigenvalue weighted by molar-refractivity contribution is 5.89. The number of halogens is 2. The summed E-state index contributed by atoms with van der Waals surface area (Å²) >= 11 is 0. The summed E-state index contributed by atoms with van der Waals surface area (Å²) in [4.78, 5) is 38.8. The van der Waals surface area contributed by atoms with Crippen LogP contribution in [0.4, 0.5) is 29.9 Å². The predicted molar refractivity (Wildman–Crippen MR) is 106 cm³/mol. The molecular weight excluding hydrogens is 410 g/mol. The van der Waals surface area contributed by atoms with Gasteiger partial charge in [0, 0.05) is 31.9 Å². The summed E-state index contributed by atoms with van der Waals surface area (Å²) in [5.41, 5.74) is -0.841. The highest BCUT2D eigenvalue weighted by Gasteiger charge is 2.62. The summed E-state index contributed by atoms with van der Waals surface area (Å²) in [5.74, 6) is -0.166. The number of aryl methyl sites for hydroxylation is 1. The molecule has 9 nitrogen and oxygen atoms in total. The Bertz CT molecular complexity index is 1060. The molecule has 31 heavy (non-hydrogen) atoms. The van der Waals surface area contributed by atoms with Gasteiger partial charge < -0.3 is 19.9 Å². The fourth-order valence-electron chi connectivity index (χ4n) is 4.38. The number of hydrogen-bond donors (Lipinski definition) is 1. The van der Waals surface area contributed by atoms with E-state index < -0.39 is 29.4 Å². The summed E-state index contributed by atoms with van der Waals surface area (Å²) in [5, 5.41) is 2.48. The van der Waals surface area contributed by atoms with Crippen molar-refractivity contribution in [2.24, 2.45) is 0 Å². The number of ether oxygens (including phenoxy) is 1. The zero-order chi connectivity index (χ0) is 21.8. The van der Waals surface area contributed by atoms with Crippen molar-refractivity contribution in [1.29, 1.82) is 0 Å². The Labute approximate surface area is 176 Å². The van der Waals surface area contributed by atoms with Crippen LogP contribution in [0.1, 0.15) is 5.82 Å². The van der Waals surface area contributed by atoms with E-state index in [0.29, 0.717) is 31.5 Å². The molecule has 1 aromatic carbocycles. The summed E-state index contributed by atoms with van der Waals surface area (Å²) in [7, 11) is 0. The van der Waals surface area contributed by atoms with Gasteiger partial charge in [-0.05, 0) is 25.1 Å². The zero-order valence-corrected chi connectivity index (χ0v) is 16.7. The van der Waals surface area contributed by atoms with Crippen LogP contribution < -0.4 is 10.2 Å². The highest BCUT2D eigenvalue weighted by atomic mass is 19.1. The van der Waals surface area contributed by atoms with Crippen LogP contribution in [0.25, 0.3) is 0 Å². The van der Waals surface area contributed by atoms with Crippen LogP contribution in [0.5, 0.6) is 0 Å². The first kappa shape index (κ1) is 19.5. The van der Waals surface area contributed by atoms with Crippen LogP contribution in [-0.2, 0) is 4.74 Å². The number of hydrogen-bond acceptors (Lipinski definition) is 6. The smallest absolute Gasteiger partial charge is 0.411 e. The van der Waals surface area contributed by atoms with Gasteiger partial charge in [-0.3, -0.25) is 4.90 Å². The number of anilines is 2. The van der Waals surface area contributed by atoms with Gasteiger partial charge in [0.2, 0.25) is 0 Å². The van der Waals surface area contributed by atoms with Gasteiger partial charge >= 0.3 is 12.1 Å². The largest absolute Gasteiger partial charge is 0.437 e. The van der Waals surface area contributed by atoms with Gasteiger partial charge in [-0.1, -0.05) is 0 Å². The molecule has 0 aliphatic carbocycles. The summed E-state index contributed by atoms with van der Waals surface area (Å²) < 4.78 is 32.7. The number of amides is 3. The lowest BCUT2D eigenvalue weighted by Crippen LogP contribution is -2.71. The molecule has 1 atom stereocenters. The van der Waals surface area contributed by atoms with Gasteiger partial charge in [-0.2, -0.15) is 0 Å². The number of carbonyl (C=O) groups excluding carboxylic acids is 2. The number of nitrogens with zero attached hydrogens (tertiary/aromatic N) is 5. The lowest BCUT2D eigenvalue weighted by Gasteiger charge is -2.51. The Morgan fingerprint density at radius 3 is 2.81 bits per heavy atom. The van der Waals surface area contributed by atoms with Crippen molar-refractivity contribution in [2.75, 3.05) is 42.9 Å². The fourth-order valence-corrected chi connectivity index (χ4v) is 4.38. The lowest BCUT2D eigenvalue weighted by molar-refractivity contribution is -0.00309. The molecule has 3 aliphatic heterocycles. The third-order valence-corrected chi connectivity index (χ3v) is 5.98. The molecule has 1 spiro atoms. The number of urea groups is 1. The second-order valence-electron chi connectivity index (χ2n) is 7.96. The summed E-state index contributed by atoms with van der Waals surface area (Å²) in [6.07, 6.45) is 1.28. The Hall–Kier alpha value is -3.50. The number of piperazine rings is 1. The molecule has 3 amide bonds. The van der Waals surface area contributed by atoms with Crippen molar-refractivity contribution in [2.45, 2.75) is 18.6 Å². The summed E-state index contributed by atoms with van der Waals surface area (Å²) in [6.45, 7) is 3.56. The second-order valence-corrected chi connectivity index (χ2v) is 7.96. The minimum Gasteiger partial charge on any atom is -0.437 e. The monoisotopic (exact) mass is 430 g/mol.